The fourth-order valence-corrected chi connectivity index (χ4v) is 3.83. The molecule has 2 N–H and O–H groups in total. The topological polar surface area (TPSA) is 30.9 Å². The van der Waals surface area contributed by atoms with Crippen LogP contribution in [0, 0.1) is 0 Å². The van der Waals surface area contributed by atoms with E-state index in [9.17, 15) is 0 Å². The summed E-state index contributed by atoms with van der Waals surface area (Å²) >= 11 is 0. The van der Waals surface area contributed by atoms with E-state index in [1.807, 2.05) is 18.2 Å². The highest BCUT2D eigenvalue weighted by atomic mass is 15.0. The molecule has 0 spiro atoms. The fourth-order valence-electron chi connectivity index (χ4n) is 3.83. The van der Waals surface area contributed by atoms with E-state index < -0.39 is 0 Å². The van der Waals surface area contributed by atoms with Crippen LogP contribution in [0.25, 0.3) is 38.6 Å². The molecule has 1 heterocycles. The summed E-state index contributed by atoms with van der Waals surface area (Å²) in [5.74, 6) is 0. The third-order valence-corrected chi connectivity index (χ3v) is 4.95. The van der Waals surface area contributed by atoms with Crippen molar-refractivity contribution in [1.29, 1.82) is 0 Å². The molecule has 0 saturated carbocycles. The number of nitrogens with two attached hydrogens (primary N) is 1. The Balaban J connectivity index is 2.03. The Hall–Kier alpha value is -3.52. The lowest BCUT2D eigenvalue weighted by atomic mass is 10.00. The van der Waals surface area contributed by atoms with Gasteiger partial charge in [-0.05, 0) is 29.8 Å². The zero-order valence-corrected chi connectivity index (χ0v) is 14.3. The zero-order valence-electron chi connectivity index (χ0n) is 14.3. The van der Waals surface area contributed by atoms with Crippen LogP contribution in [0.1, 0.15) is 0 Å². The lowest BCUT2D eigenvalue weighted by Crippen LogP contribution is -1.98. The molecular weight excluding hydrogens is 316 g/mol. The number of rotatable bonds is 2. The minimum atomic E-state index is 0.795. The fraction of sp³-hybridized carbons (Fsp3) is 0. The predicted molar refractivity (Wildman–Crippen MR) is 111 cm³/mol. The van der Waals surface area contributed by atoms with Crippen LogP contribution in [0.15, 0.2) is 97.1 Å². The Labute approximate surface area is 152 Å². The van der Waals surface area contributed by atoms with E-state index in [0.29, 0.717) is 0 Å². The Kier molecular flexibility index (Phi) is 3.29. The summed E-state index contributed by atoms with van der Waals surface area (Å²) in [5.41, 5.74) is 13.0. The molecule has 0 fully saturated rings. The minimum Gasteiger partial charge on any atom is -0.398 e. The lowest BCUT2D eigenvalue weighted by molar-refractivity contribution is 1.18. The Morgan fingerprint density at radius 3 is 2.00 bits per heavy atom. The number of hydrogen-bond acceptors (Lipinski definition) is 1. The molecule has 0 aliphatic heterocycles. The molecule has 0 bridgehead atoms. The van der Waals surface area contributed by atoms with E-state index in [-0.39, 0.29) is 0 Å². The molecular formula is C24H18N2. The largest absolute Gasteiger partial charge is 0.398 e. The second-order valence-corrected chi connectivity index (χ2v) is 6.48. The van der Waals surface area contributed by atoms with Gasteiger partial charge in [0.1, 0.15) is 0 Å². The maximum atomic E-state index is 6.47. The van der Waals surface area contributed by atoms with Crippen molar-refractivity contribution in [3.8, 4) is 16.8 Å². The third kappa shape index (κ3) is 2.12. The van der Waals surface area contributed by atoms with Crippen molar-refractivity contribution in [2.24, 2.45) is 0 Å². The van der Waals surface area contributed by atoms with Gasteiger partial charge in [0, 0.05) is 27.7 Å². The highest BCUT2D eigenvalue weighted by molar-refractivity contribution is 6.15. The predicted octanol–water partition coefficient (Wildman–Crippen LogP) is 6.03. The number of aromatic nitrogens is 1. The first-order valence-electron chi connectivity index (χ1n) is 8.77. The van der Waals surface area contributed by atoms with Gasteiger partial charge in [0.15, 0.2) is 0 Å². The number of hydrogen-bond donors (Lipinski definition) is 1. The smallest absolute Gasteiger partial charge is 0.0640 e. The standard InChI is InChI=1S/C24H18N2/c25-21-16-15-20-19-13-7-8-14-22(19)26(18-11-5-2-6-12-18)24(20)23(21)17-9-3-1-4-10-17/h1-16H,25H2. The van der Waals surface area contributed by atoms with E-state index in [1.54, 1.807) is 0 Å². The molecule has 0 radical (unpaired) electrons. The minimum absolute atomic E-state index is 0.795. The van der Waals surface area contributed by atoms with Gasteiger partial charge in [0.2, 0.25) is 0 Å². The summed E-state index contributed by atoms with van der Waals surface area (Å²) in [6.07, 6.45) is 0. The van der Waals surface area contributed by atoms with E-state index in [2.05, 4.69) is 83.4 Å². The first-order valence-corrected chi connectivity index (χ1v) is 8.77. The van der Waals surface area contributed by atoms with Crippen LogP contribution in [-0.2, 0) is 0 Å². The van der Waals surface area contributed by atoms with Crippen molar-refractivity contribution >= 4 is 27.5 Å². The molecule has 0 atom stereocenters. The molecule has 5 rings (SSSR count). The molecule has 1 aromatic heterocycles. The lowest BCUT2D eigenvalue weighted by Gasteiger charge is -2.13. The normalized spacial score (nSPS) is 11.2. The molecule has 2 heteroatoms. The van der Waals surface area contributed by atoms with Gasteiger partial charge in [-0.15, -0.1) is 0 Å². The zero-order chi connectivity index (χ0) is 17.5. The maximum absolute atomic E-state index is 6.47. The molecule has 4 aromatic carbocycles. The van der Waals surface area contributed by atoms with Gasteiger partial charge < -0.3 is 10.3 Å². The van der Waals surface area contributed by atoms with Gasteiger partial charge in [-0.25, -0.2) is 0 Å². The molecule has 26 heavy (non-hydrogen) atoms. The summed E-state index contributed by atoms with van der Waals surface area (Å²) in [7, 11) is 0. The van der Waals surface area contributed by atoms with Gasteiger partial charge in [0.05, 0.1) is 11.0 Å². The first-order chi connectivity index (χ1) is 12.8. The van der Waals surface area contributed by atoms with Gasteiger partial charge in [-0.2, -0.15) is 0 Å². The monoisotopic (exact) mass is 334 g/mol. The molecule has 0 amide bonds. The first kappa shape index (κ1) is 14.8. The number of benzene rings is 4. The van der Waals surface area contributed by atoms with Crippen molar-refractivity contribution in [2.45, 2.75) is 0 Å². The molecule has 0 saturated heterocycles. The van der Waals surface area contributed by atoms with E-state index >= 15 is 0 Å². The summed E-state index contributed by atoms with van der Waals surface area (Å²) < 4.78 is 2.32. The molecule has 0 unspecified atom stereocenters. The molecule has 0 aliphatic rings. The van der Waals surface area contributed by atoms with Gasteiger partial charge in [-0.1, -0.05) is 72.8 Å². The van der Waals surface area contributed by atoms with E-state index in [0.717, 1.165) is 28.0 Å². The Bertz CT molecular complexity index is 1220. The van der Waals surface area contributed by atoms with Crippen molar-refractivity contribution in [1.82, 2.24) is 4.57 Å². The van der Waals surface area contributed by atoms with E-state index in [4.69, 9.17) is 5.73 Å². The summed E-state index contributed by atoms with van der Waals surface area (Å²) in [4.78, 5) is 0. The van der Waals surface area contributed by atoms with Crippen molar-refractivity contribution in [2.75, 3.05) is 5.73 Å². The van der Waals surface area contributed by atoms with Crippen molar-refractivity contribution in [3.63, 3.8) is 0 Å². The quantitative estimate of drug-likeness (QED) is 0.392. The highest BCUT2D eigenvalue weighted by Crippen LogP contribution is 2.40. The third-order valence-electron chi connectivity index (χ3n) is 4.95. The number of fused-ring (bicyclic) bond motifs is 3. The molecule has 5 aromatic rings. The molecule has 0 aliphatic carbocycles. The average molecular weight is 334 g/mol. The van der Waals surface area contributed by atoms with Crippen LogP contribution in [0.3, 0.4) is 0 Å². The summed E-state index contributed by atoms with van der Waals surface area (Å²) in [5, 5.41) is 2.46. The Morgan fingerprint density at radius 2 is 1.23 bits per heavy atom. The highest BCUT2D eigenvalue weighted by Gasteiger charge is 2.17. The number of anilines is 1. The van der Waals surface area contributed by atoms with Crippen molar-refractivity contribution in [3.05, 3.63) is 97.1 Å². The Morgan fingerprint density at radius 1 is 0.577 bits per heavy atom. The van der Waals surface area contributed by atoms with Crippen LogP contribution >= 0.6 is 0 Å². The van der Waals surface area contributed by atoms with Gasteiger partial charge in [0.25, 0.3) is 0 Å². The van der Waals surface area contributed by atoms with Crippen LogP contribution < -0.4 is 5.73 Å². The summed E-state index contributed by atoms with van der Waals surface area (Å²) in [6, 6.07) is 33.6. The second-order valence-electron chi connectivity index (χ2n) is 6.48. The SMILES string of the molecule is Nc1ccc2c3ccccc3n(-c3ccccc3)c2c1-c1ccccc1. The maximum Gasteiger partial charge on any atom is 0.0640 e. The van der Waals surface area contributed by atoms with E-state index in [1.165, 1.54) is 16.3 Å². The van der Waals surface area contributed by atoms with Crippen LogP contribution in [0.4, 0.5) is 5.69 Å². The second kappa shape index (κ2) is 5.78. The van der Waals surface area contributed by atoms with Gasteiger partial charge in [-0.3, -0.25) is 0 Å². The van der Waals surface area contributed by atoms with Crippen LogP contribution in [0.5, 0.6) is 0 Å². The number of para-hydroxylation sites is 2. The summed E-state index contributed by atoms with van der Waals surface area (Å²) in [6.45, 7) is 0. The van der Waals surface area contributed by atoms with Gasteiger partial charge >= 0.3 is 0 Å². The number of nitrogens with zero attached hydrogens (tertiary/aromatic N) is 1. The average Bonchev–Trinajstić information content (AvgIpc) is 3.03. The molecule has 2 nitrogen and oxygen atoms in total. The van der Waals surface area contributed by atoms with Crippen LogP contribution in [0.2, 0.25) is 0 Å². The molecule has 124 valence electrons. The number of nitrogen functional groups attached to an aromatic ring is 1. The van der Waals surface area contributed by atoms with Crippen molar-refractivity contribution < 1.29 is 0 Å². The van der Waals surface area contributed by atoms with Crippen LogP contribution in [-0.4, -0.2) is 4.57 Å².